The predicted molar refractivity (Wildman–Crippen MR) is 210 cm³/mol. The van der Waals surface area contributed by atoms with Gasteiger partial charge in [0.25, 0.3) is 0 Å². The number of hydrogen-bond donors (Lipinski definition) is 0. The molecule has 0 fully saturated rings. The highest BCUT2D eigenvalue weighted by molar-refractivity contribution is 6.28. The van der Waals surface area contributed by atoms with Crippen molar-refractivity contribution >= 4 is 43.5 Å². The Bertz CT molecular complexity index is 3010. The van der Waals surface area contributed by atoms with E-state index in [0.29, 0.717) is 5.82 Å². The zero-order valence-corrected chi connectivity index (χ0v) is 27.5. The molecule has 0 unspecified atom stereocenters. The Morgan fingerprint density at radius 3 is 1.75 bits per heavy atom. The van der Waals surface area contributed by atoms with Crippen LogP contribution in [0.15, 0.2) is 174 Å². The molecule has 0 amide bonds. The van der Waals surface area contributed by atoms with Crippen LogP contribution < -0.4 is 0 Å². The lowest BCUT2D eigenvalue weighted by Gasteiger charge is -2.11. The largest absolute Gasteiger partial charge is 0.456 e. The quantitative estimate of drug-likeness (QED) is 0.191. The van der Waals surface area contributed by atoms with Crippen molar-refractivity contribution in [3.63, 3.8) is 0 Å². The first-order valence-corrected chi connectivity index (χ1v) is 17.3. The van der Waals surface area contributed by atoms with Gasteiger partial charge in [-0.15, -0.1) is 0 Å². The van der Waals surface area contributed by atoms with Gasteiger partial charge in [-0.05, 0) is 91.3 Å². The standard InChI is InChI=1S/C48H28N2O/c1-3-10-29(11-4-1)31-18-19-33-25-34(21-20-32(33)24-31)43-28-42(30-12-5-2-6-13-30)49-48(50-43)35-22-23-39-44(26-35)51-45-27-41-37-15-8-7-14-36(37)38-16-9-17-40(46(38)41)47(39)45/h1-28H. The van der Waals surface area contributed by atoms with Crippen LogP contribution in [0, 0.1) is 0 Å². The Kier molecular flexibility index (Phi) is 5.96. The average molecular weight is 649 g/mol. The zero-order valence-electron chi connectivity index (χ0n) is 27.5. The molecule has 0 saturated heterocycles. The van der Waals surface area contributed by atoms with Gasteiger partial charge >= 0.3 is 0 Å². The van der Waals surface area contributed by atoms with E-state index in [1.54, 1.807) is 0 Å². The molecule has 1 aliphatic rings. The molecule has 1 aliphatic carbocycles. The summed E-state index contributed by atoms with van der Waals surface area (Å²) in [6, 6.07) is 60.1. The van der Waals surface area contributed by atoms with Crippen molar-refractivity contribution in [2.45, 2.75) is 0 Å². The summed E-state index contributed by atoms with van der Waals surface area (Å²) < 4.78 is 6.67. The maximum Gasteiger partial charge on any atom is 0.160 e. The molecule has 2 aromatic heterocycles. The summed E-state index contributed by atoms with van der Waals surface area (Å²) in [6.45, 7) is 0. The van der Waals surface area contributed by atoms with Crippen LogP contribution in [0.25, 0.3) is 111 Å². The molecule has 236 valence electrons. The highest BCUT2D eigenvalue weighted by atomic mass is 16.3. The molecule has 10 aromatic rings. The monoisotopic (exact) mass is 648 g/mol. The van der Waals surface area contributed by atoms with Crippen molar-refractivity contribution < 1.29 is 4.42 Å². The second kappa shape index (κ2) is 10.8. The Balaban J connectivity index is 1.06. The molecule has 0 spiro atoms. The van der Waals surface area contributed by atoms with E-state index in [1.165, 1.54) is 54.9 Å². The van der Waals surface area contributed by atoms with Crippen LogP contribution in [-0.4, -0.2) is 9.97 Å². The lowest BCUT2D eigenvalue weighted by Crippen LogP contribution is -1.96. The Labute approximate surface area is 294 Å². The summed E-state index contributed by atoms with van der Waals surface area (Å²) in [5.74, 6) is 0.663. The van der Waals surface area contributed by atoms with Crippen LogP contribution in [0.2, 0.25) is 0 Å². The van der Waals surface area contributed by atoms with Crippen LogP contribution in [-0.2, 0) is 0 Å². The van der Waals surface area contributed by atoms with Crippen LogP contribution >= 0.6 is 0 Å². The molecule has 0 aliphatic heterocycles. The van der Waals surface area contributed by atoms with Gasteiger partial charge in [0, 0.05) is 27.5 Å². The third-order valence-electron chi connectivity index (χ3n) is 10.4. The van der Waals surface area contributed by atoms with Crippen LogP contribution in [0.3, 0.4) is 0 Å². The summed E-state index contributed by atoms with van der Waals surface area (Å²) in [4.78, 5) is 10.3. The van der Waals surface area contributed by atoms with E-state index in [2.05, 4.69) is 164 Å². The molecular formula is C48H28N2O. The van der Waals surface area contributed by atoms with Gasteiger partial charge in [-0.25, -0.2) is 9.97 Å². The van der Waals surface area contributed by atoms with E-state index >= 15 is 0 Å². The van der Waals surface area contributed by atoms with E-state index < -0.39 is 0 Å². The fourth-order valence-corrected chi connectivity index (χ4v) is 7.97. The summed E-state index contributed by atoms with van der Waals surface area (Å²) in [7, 11) is 0. The van der Waals surface area contributed by atoms with Gasteiger partial charge in [0.1, 0.15) is 11.2 Å². The van der Waals surface area contributed by atoms with Gasteiger partial charge in [-0.3, -0.25) is 0 Å². The molecule has 0 saturated carbocycles. The molecular weight excluding hydrogens is 621 g/mol. The van der Waals surface area contributed by atoms with Crippen LogP contribution in [0.4, 0.5) is 0 Å². The van der Waals surface area contributed by atoms with Crippen molar-refractivity contribution in [1.82, 2.24) is 9.97 Å². The molecule has 8 aromatic carbocycles. The number of fused-ring (bicyclic) bond motifs is 8. The maximum atomic E-state index is 6.67. The van der Waals surface area contributed by atoms with Crippen molar-refractivity contribution in [3.05, 3.63) is 170 Å². The second-order valence-electron chi connectivity index (χ2n) is 13.4. The van der Waals surface area contributed by atoms with Crippen LogP contribution in [0.5, 0.6) is 0 Å². The topological polar surface area (TPSA) is 38.9 Å². The second-order valence-corrected chi connectivity index (χ2v) is 13.4. The minimum Gasteiger partial charge on any atom is -0.456 e. The van der Waals surface area contributed by atoms with E-state index in [0.717, 1.165) is 50.0 Å². The van der Waals surface area contributed by atoms with E-state index in [9.17, 15) is 0 Å². The van der Waals surface area contributed by atoms with Gasteiger partial charge in [0.05, 0.1) is 11.4 Å². The first-order chi connectivity index (χ1) is 25.2. The fraction of sp³-hybridized carbons (Fsp3) is 0. The third-order valence-corrected chi connectivity index (χ3v) is 10.4. The molecule has 0 N–H and O–H groups in total. The fourth-order valence-electron chi connectivity index (χ4n) is 7.97. The minimum atomic E-state index is 0.663. The summed E-state index contributed by atoms with van der Waals surface area (Å²) >= 11 is 0. The molecule has 0 bridgehead atoms. The van der Waals surface area contributed by atoms with Gasteiger partial charge in [-0.2, -0.15) is 0 Å². The third kappa shape index (κ3) is 4.38. The number of aromatic nitrogens is 2. The normalized spacial score (nSPS) is 11.9. The van der Waals surface area contributed by atoms with Gasteiger partial charge < -0.3 is 4.42 Å². The first kappa shape index (κ1) is 28.0. The number of hydrogen-bond acceptors (Lipinski definition) is 3. The summed E-state index contributed by atoms with van der Waals surface area (Å²) in [6.07, 6.45) is 0. The average Bonchev–Trinajstić information content (AvgIpc) is 3.74. The molecule has 11 rings (SSSR count). The highest BCUT2D eigenvalue weighted by Gasteiger charge is 2.24. The zero-order chi connectivity index (χ0) is 33.5. The smallest absolute Gasteiger partial charge is 0.160 e. The number of furan rings is 1. The van der Waals surface area contributed by atoms with Crippen LogP contribution in [0.1, 0.15) is 0 Å². The van der Waals surface area contributed by atoms with Crippen molar-refractivity contribution in [3.8, 4) is 67.3 Å². The molecule has 0 radical (unpaired) electrons. The molecule has 3 nitrogen and oxygen atoms in total. The lowest BCUT2D eigenvalue weighted by molar-refractivity contribution is 0.669. The summed E-state index contributed by atoms with van der Waals surface area (Å²) in [5, 5.41) is 7.13. The minimum absolute atomic E-state index is 0.663. The first-order valence-electron chi connectivity index (χ1n) is 17.3. The number of nitrogens with zero attached hydrogens (tertiary/aromatic N) is 2. The van der Waals surface area contributed by atoms with E-state index in [-0.39, 0.29) is 0 Å². The van der Waals surface area contributed by atoms with Gasteiger partial charge in [-0.1, -0.05) is 133 Å². The number of rotatable bonds is 4. The lowest BCUT2D eigenvalue weighted by atomic mass is 9.98. The SMILES string of the molecule is c1ccc(-c2ccc3cc(-c4cc(-c5ccccc5)nc(-c5ccc6c(c5)oc5cc7c8c(cccc8c56)-c5ccccc5-7)n4)ccc3c2)cc1. The molecule has 2 heterocycles. The molecule has 3 heteroatoms. The Hall–Kier alpha value is -6.84. The maximum absolute atomic E-state index is 6.67. The molecule has 0 atom stereocenters. The van der Waals surface area contributed by atoms with Crippen molar-refractivity contribution in [2.75, 3.05) is 0 Å². The van der Waals surface area contributed by atoms with Crippen molar-refractivity contribution in [2.24, 2.45) is 0 Å². The summed E-state index contributed by atoms with van der Waals surface area (Å²) in [5.41, 5.74) is 14.0. The van der Waals surface area contributed by atoms with Gasteiger partial charge in [0.2, 0.25) is 0 Å². The molecule has 51 heavy (non-hydrogen) atoms. The van der Waals surface area contributed by atoms with Crippen molar-refractivity contribution in [1.29, 1.82) is 0 Å². The Morgan fingerprint density at radius 1 is 0.333 bits per heavy atom. The van der Waals surface area contributed by atoms with Gasteiger partial charge in [0.15, 0.2) is 5.82 Å². The highest BCUT2D eigenvalue weighted by Crippen LogP contribution is 2.50. The van der Waals surface area contributed by atoms with E-state index in [4.69, 9.17) is 14.4 Å². The van der Waals surface area contributed by atoms with E-state index in [1.807, 2.05) is 6.07 Å². The number of benzene rings is 8. The predicted octanol–water partition coefficient (Wildman–Crippen LogP) is 13.0. The Morgan fingerprint density at radius 2 is 0.961 bits per heavy atom.